The maximum Gasteiger partial charge on any atom is 0.184 e. The molecule has 0 aromatic heterocycles. The normalized spacial score (nSPS) is 52.6. The van der Waals surface area contributed by atoms with Crippen molar-refractivity contribution in [3.8, 4) is 0 Å². The summed E-state index contributed by atoms with van der Waals surface area (Å²) in [5, 5.41) is 11.4. The van der Waals surface area contributed by atoms with Gasteiger partial charge < -0.3 is 5.11 Å². The van der Waals surface area contributed by atoms with Crippen LogP contribution in [0.15, 0.2) is 23.8 Å². The molecule has 0 heterocycles. The highest BCUT2D eigenvalue weighted by atomic mass is 35.5. The molecule has 0 aromatic carbocycles. The molecule has 28 heavy (non-hydrogen) atoms. The van der Waals surface area contributed by atoms with Gasteiger partial charge in [-0.2, -0.15) is 0 Å². The zero-order chi connectivity index (χ0) is 20.9. The van der Waals surface area contributed by atoms with E-state index in [2.05, 4.69) is 0 Å². The fraction of sp³-hybridized carbons (Fsp3) is 0.682. The van der Waals surface area contributed by atoms with E-state index < -0.39 is 50.4 Å². The smallest absolute Gasteiger partial charge is 0.184 e. The van der Waals surface area contributed by atoms with E-state index in [1.54, 1.807) is 20.8 Å². The molecule has 0 radical (unpaired) electrons. The topological polar surface area (TPSA) is 71.4 Å². The molecule has 4 aliphatic carbocycles. The Labute approximate surface area is 169 Å². The number of aliphatic hydroxyl groups is 1. The standard InChI is InChI=1S/C22H26ClFO4/c1-12(25)22(28)19(3)11-17(27)21(24)15(16(19)10-20(22,4)23)6-5-13-9-14(26)7-8-18(13,21)2/h7-9,15-16,28H,5-6,10-11H2,1-4H3/t15-,16-,18-,19-,20?,21-,22-/m0/s1. The lowest BCUT2D eigenvalue weighted by molar-refractivity contribution is -0.184. The summed E-state index contributed by atoms with van der Waals surface area (Å²) >= 11 is 6.68. The number of alkyl halides is 2. The van der Waals surface area contributed by atoms with Crippen LogP contribution in [-0.4, -0.2) is 38.6 Å². The number of carbonyl (C=O) groups excluding carboxylic acids is 3. The van der Waals surface area contributed by atoms with Crippen molar-refractivity contribution in [1.82, 2.24) is 0 Å². The van der Waals surface area contributed by atoms with Crippen LogP contribution >= 0.6 is 11.6 Å². The van der Waals surface area contributed by atoms with E-state index in [1.165, 1.54) is 25.2 Å². The molecule has 1 unspecified atom stereocenters. The third kappa shape index (κ3) is 1.93. The SMILES string of the molecule is CC(=O)[C@@]1(O)C(C)(Cl)C[C@H]2[C@@H]3CCC4=CC(=O)C=C[C@]4(C)[C@@]3(F)C(=O)C[C@@]21C. The van der Waals surface area contributed by atoms with E-state index in [0.717, 1.165) is 0 Å². The zero-order valence-corrected chi connectivity index (χ0v) is 17.4. The van der Waals surface area contributed by atoms with Gasteiger partial charge in [-0.25, -0.2) is 4.39 Å². The molecule has 0 spiro atoms. The highest BCUT2D eigenvalue weighted by molar-refractivity contribution is 6.27. The maximum atomic E-state index is 16.8. The van der Waals surface area contributed by atoms with Gasteiger partial charge in [-0.15, -0.1) is 11.6 Å². The molecule has 0 amide bonds. The lowest BCUT2D eigenvalue weighted by atomic mass is 9.45. The number of hydrogen-bond donors (Lipinski definition) is 1. The number of halogens is 2. The fourth-order valence-electron chi connectivity index (χ4n) is 7.01. The van der Waals surface area contributed by atoms with Gasteiger partial charge >= 0.3 is 0 Å². The molecule has 3 saturated carbocycles. The third-order valence-corrected chi connectivity index (χ3v) is 8.92. The molecule has 6 heteroatoms. The van der Waals surface area contributed by atoms with Crippen LogP contribution in [0.4, 0.5) is 4.39 Å². The third-order valence-electron chi connectivity index (χ3n) is 8.49. The molecule has 0 saturated heterocycles. The van der Waals surface area contributed by atoms with E-state index >= 15 is 4.39 Å². The number of allylic oxidation sites excluding steroid dienone is 4. The Kier molecular flexibility index (Phi) is 3.87. The molecule has 1 N–H and O–H groups in total. The molecule has 0 aliphatic heterocycles. The molecule has 0 aromatic rings. The molecule has 4 aliphatic rings. The van der Waals surface area contributed by atoms with E-state index in [4.69, 9.17) is 11.6 Å². The van der Waals surface area contributed by atoms with Gasteiger partial charge in [0.25, 0.3) is 0 Å². The van der Waals surface area contributed by atoms with E-state index in [9.17, 15) is 19.5 Å². The van der Waals surface area contributed by atoms with E-state index in [-0.39, 0.29) is 18.6 Å². The number of rotatable bonds is 1. The van der Waals surface area contributed by atoms with Gasteiger partial charge in [0.05, 0.1) is 4.87 Å². The van der Waals surface area contributed by atoms with Crippen molar-refractivity contribution in [3.63, 3.8) is 0 Å². The molecule has 152 valence electrons. The minimum absolute atomic E-state index is 0.192. The van der Waals surface area contributed by atoms with Gasteiger partial charge in [0.15, 0.2) is 23.0 Å². The van der Waals surface area contributed by atoms with Crippen LogP contribution in [0.2, 0.25) is 0 Å². The van der Waals surface area contributed by atoms with Crippen molar-refractivity contribution >= 4 is 29.0 Å². The zero-order valence-electron chi connectivity index (χ0n) is 16.6. The Hall–Kier alpha value is -1.33. The number of ketones is 3. The Morgan fingerprint density at radius 3 is 2.50 bits per heavy atom. The highest BCUT2D eigenvalue weighted by Crippen LogP contribution is 2.71. The average Bonchev–Trinajstić information content (AvgIpc) is 2.75. The van der Waals surface area contributed by atoms with Crippen LogP contribution in [0.1, 0.15) is 53.4 Å². The summed E-state index contributed by atoms with van der Waals surface area (Å²) in [6.45, 7) is 6.28. The summed E-state index contributed by atoms with van der Waals surface area (Å²) in [5.74, 6) is -2.39. The van der Waals surface area contributed by atoms with Gasteiger partial charge in [0, 0.05) is 23.2 Å². The number of fused-ring (bicyclic) bond motifs is 5. The van der Waals surface area contributed by atoms with Gasteiger partial charge in [-0.3, -0.25) is 14.4 Å². The first kappa shape index (κ1) is 20.0. The predicted octanol–water partition coefficient (Wildman–Crippen LogP) is 3.49. The van der Waals surface area contributed by atoms with Crippen LogP contribution in [-0.2, 0) is 14.4 Å². The van der Waals surface area contributed by atoms with Crippen LogP contribution in [0.25, 0.3) is 0 Å². The quantitative estimate of drug-likeness (QED) is 0.674. The van der Waals surface area contributed by atoms with Crippen LogP contribution in [0.5, 0.6) is 0 Å². The Bertz CT molecular complexity index is 876. The van der Waals surface area contributed by atoms with Gasteiger partial charge in [-0.1, -0.05) is 18.6 Å². The molecule has 0 bridgehead atoms. The minimum Gasteiger partial charge on any atom is -0.380 e. The second-order valence-electron chi connectivity index (χ2n) is 9.76. The monoisotopic (exact) mass is 408 g/mol. The summed E-state index contributed by atoms with van der Waals surface area (Å²) in [4.78, 5) is 36.4. The number of Topliss-reactive ketones (excluding diaryl/α,β-unsaturated/α-hetero) is 2. The Morgan fingerprint density at radius 2 is 1.89 bits per heavy atom. The van der Waals surface area contributed by atoms with Gasteiger partial charge in [-0.05, 0) is 58.1 Å². The van der Waals surface area contributed by atoms with E-state index in [1.807, 2.05) is 0 Å². The number of carbonyl (C=O) groups is 3. The second kappa shape index (κ2) is 5.42. The van der Waals surface area contributed by atoms with Crippen LogP contribution in [0, 0.1) is 22.7 Å². The lowest BCUT2D eigenvalue weighted by Gasteiger charge is -2.59. The average molecular weight is 409 g/mol. The molecule has 4 rings (SSSR count). The number of hydrogen-bond acceptors (Lipinski definition) is 4. The van der Waals surface area contributed by atoms with Crippen LogP contribution < -0.4 is 0 Å². The fourth-order valence-corrected chi connectivity index (χ4v) is 7.52. The second-order valence-corrected chi connectivity index (χ2v) is 10.6. The van der Waals surface area contributed by atoms with E-state index in [0.29, 0.717) is 18.4 Å². The van der Waals surface area contributed by atoms with Crippen molar-refractivity contribution in [2.75, 3.05) is 0 Å². The van der Waals surface area contributed by atoms with Crippen molar-refractivity contribution in [3.05, 3.63) is 23.8 Å². The Morgan fingerprint density at radius 1 is 1.25 bits per heavy atom. The van der Waals surface area contributed by atoms with Gasteiger partial charge in [0.1, 0.15) is 5.60 Å². The maximum absolute atomic E-state index is 16.8. The first-order valence-corrected chi connectivity index (χ1v) is 10.2. The van der Waals surface area contributed by atoms with Crippen molar-refractivity contribution in [1.29, 1.82) is 0 Å². The summed E-state index contributed by atoms with van der Waals surface area (Å²) < 4.78 is 16.8. The lowest BCUT2D eigenvalue weighted by Crippen LogP contribution is -2.68. The van der Waals surface area contributed by atoms with Crippen molar-refractivity contribution in [2.45, 2.75) is 69.5 Å². The van der Waals surface area contributed by atoms with Crippen molar-refractivity contribution in [2.24, 2.45) is 22.7 Å². The van der Waals surface area contributed by atoms with Crippen LogP contribution in [0.3, 0.4) is 0 Å². The first-order valence-electron chi connectivity index (χ1n) is 9.84. The summed E-state index contributed by atoms with van der Waals surface area (Å²) in [7, 11) is 0. The molecule has 4 nitrogen and oxygen atoms in total. The largest absolute Gasteiger partial charge is 0.380 e. The summed E-state index contributed by atoms with van der Waals surface area (Å²) in [6, 6.07) is 0. The summed E-state index contributed by atoms with van der Waals surface area (Å²) in [6.07, 6.45) is 5.19. The molecular weight excluding hydrogens is 383 g/mol. The predicted molar refractivity (Wildman–Crippen MR) is 103 cm³/mol. The molecular formula is C22H26ClFO4. The van der Waals surface area contributed by atoms with Gasteiger partial charge in [0.2, 0.25) is 0 Å². The highest BCUT2D eigenvalue weighted by Gasteiger charge is 2.78. The molecule has 7 atom stereocenters. The molecule has 3 fully saturated rings. The van der Waals surface area contributed by atoms with Crippen molar-refractivity contribution < 1.29 is 23.9 Å². The first-order chi connectivity index (χ1) is 12.8. The minimum atomic E-state index is -2.19. The Balaban J connectivity index is 1.89. The summed E-state index contributed by atoms with van der Waals surface area (Å²) in [5.41, 5.74) is -5.77.